The second kappa shape index (κ2) is 7.00. The highest BCUT2D eigenvalue weighted by molar-refractivity contribution is 5.75. The van der Waals surface area contributed by atoms with Crippen LogP contribution in [0, 0.1) is 0 Å². The Labute approximate surface area is 95.8 Å². The van der Waals surface area contributed by atoms with Gasteiger partial charge in [0.15, 0.2) is 0 Å². The van der Waals surface area contributed by atoms with Gasteiger partial charge in [0, 0.05) is 39.1 Å². The third kappa shape index (κ3) is 4.44. The average Bonchev–Trinajstić information content (AvgIpc) is 2.76. The number of hydrogen-bond acceptors (Lipinski definition) is 3. The van der Waals surface area contributed by atoms with Crippen LogP contribution >= 0.6 is 0 Å². The van der Waals surface area contributed by atoms with Gasteiger partial charge in [0.2, 0.25) is 5.91 Å². The maximum absolute atomic E-state index is 11.7. The van der Waals surface area contributed by atoms with Crippen LogP contribution < -0.4 is 0 Å². The van der Waals surface area contributed by atoms with Gasteiger partial charge in [-0.1, -0.05) is 0 Å². The number of amides is 1. The first-order valence-corrected chi connectivity index (χ1v) is 5.54. The third-order valence-corrected chi connectivity index (χ3v) is 2.25. The zero-order valence-corrected chi connectivity index (χ0v) is 9.90. The molecule has 0 aliphatic carbocycles. The van der Waals surface area contributed by atoms with E-state index < -0.39 is 0 Å². The van der Waals surface area contributed by atoms with Crippen molar-refractivity contribution in [2.75, 3.05) is 20.3 Å². The van der Waals surface area contributed by atoms with E-state index in [1.807, 2.05) is 6.92 Å². The van der Waals surface area contributed by atoms with Crippen LogP contribution in [-0.2, 0) is 16.1 Å². The number of aromatic amines is 1. The molecule has 0 saturated carbocycles. The van der Waals surface area contributed by atoms with Crippen LogP contribution in [0.25, 0.3) is 0 Å². The van der Waals surface area contributed by atoms with Crippen LogP contribution in [0.5, 0.6) is 0 Å². The number of aromatic nitrogens is 2. The molecule has 0 saturated heterocycles. The van der Waals surface area contributed by atoms with Crippen molar-refractivity contribution in [3.63, 3.8) is 0 Å². The molecule has 16 heavy (non-hydrogen) atoms. The molecule has 0 aliphatic heterocycles. The first-order valence-electron chi connectivity index (χ1n) is 5.54. The van der Waals surface area contributed by atoms with E-state index in [0.29, 0.717) is 26.2 Å². The van der Waals surface area contributed by atoms with Crippen molar-refractivity contribution in [1.29, 1.82) is 0 Å². The zero-order valence-electron chi connectivity index (χ0n) is 9.90. The third-order valence-electron chi connectivity index (χ3n) is 2.25. The Morgan fingerprint density at radius 3 is 3.06 bits per heavy atom. The average molecular weight is 225 g/mol. The highest BCUT2D eigenvalue weighted by Crippen LogP contribution is 2.00. The topological polar surface area (TPSA) is 58.2 Å². The van der Waals surface area contributed by atoms with E-state index in [-0.39, 0.29) is 5.91 Å². The lowest BCUT2D eigenvalue weighted by atomic mass is 10.3. The molecule has 0 fully saturated rings. The molecule has 90 valence electrons. The molecule has 0 unspecified atom stereocenters. The van der Waals surface area contributed by atoms with Crippen LogP contribution in [0.2, 0.25) is 0 Å². The molecule has 1 amide bonds. The van der Waals surface area contributed by atoms with Gasteiger partial charge in [0.1, 0.15) is 5.82 Å². The monoisotopic (exact) mass is 225 g/mol. The van der Waals surface area contributed by atoms with Crippen molar-refractivity contribution in [2.45, 2.75) is 26.3 Å². The van der Waals surface area contributed by atoms with Crippen molar-refractivity contribution in [3.8, 4) is 0 Å². The van der Waals surface area contributed by atoms with Gasteiger partial charge in [-0.25, -0.2) is 4.98 Å². The van der Waals surface area contributed by atoms with E-state index in [1.54, 1.807) is 24.3 Å². The molecule has 0 radical (unpaired) electrons. The molecular formula is C11H19N3O2. The number of nitrogens with zero attached hydrogens (tertiary/aromatic N) is 2. The van der Waals surface area contributed by atoms with E-state index >= 15 is 0 Å². The van der Waals surface area contributed by atoms with E-state index in [2.05, 4.69) is 9.97 Å². The molecule has 1 aromatic rings. The molecule has 0 bridgehead atoms. The fourth-order valence-electron chi connectivity index (χ4n) is 1.36. The van der Waals surface area contributed by atoms with Gasteiger partial charge < -0.3 is 14.6 Å². The van der Waals surface area contributed by atoms with Crippen LogP contribution in [0.4, 0.5) is 0 Å². The molecule has 5 heteroatoms. The Morgan fingerprint density at radius 1 is 1.62 bits per heavy atom. The lowest BCUT2D eigenvalue weighted by Crippen LogP contribution is -2.26. The van der Waals surface area contributed by atoms with Crippen LogP contribution in [0.3, 0.4) is 0 Å². The largest absolute Gasteiger partial charge is 0.382 e. The molecular weight excluding hydrogens is 206 g/mol. The molecule has 0 atom stereocenters. The number of carbonyl (C=O) groups excluding carboxylic acids is 1. The molecule has 1 N–H and O–H groups in total. The van der Waals surface area contributed by atoms with E-state index in [4.69, 9.17) is 4.74 Å². The molecule has 1 heterocycles. The van der Waals surface area contributed by atoms with Crippen molar-refractivity contribution < 1.29 is 9.53 Å². The Bertz CT molecular complexity index is 298. The Hall–Kier alpha value is -1.36. The zero-order chi connectivity index (χ0) is 11.8. The van der Waals surface area contributed by atoms with E-state index in [1.165, 1.54) is 0 Å². The summed E-state index contributed by atoms with van der Waals surface area (Å²) in [6.07, 6.45) is 4.73. The van der Waals surface area contributed by atoms with Gasteiger partial charge in [-0.15, -0.1) is 0 Å². The molecule has 1 rings (SSSR count). The summed E-state index contributed by atoms with van der Waals surface area (Å²) in [5, 5.41) is 0. The second-order valence-corrected chi connectivity index (χ2v) is 3.59. The van der Waals surface area contributed by atoms with Gasteiger partial charge in [-0.2, -0.15) is 0 Å². The van der Waals surface area contributed by atoms with E-state index in [0.717, 1.165) is 12.2 Å². The Balaban J connectivity index is 2.20. The minimum Gasteiger partial charge on any atom is -0.382 e. The van der Waals surface area contributed by atoms with Gasteiger partial charge in [-0.05, 0) is 13.3 Å². The molecule has 0 spiro atoms. The van der Waals surface area contributed by atoms with Gasteiger partial charge in [0.05, 0.1) is 6.54 Å². The van der Waals surface area contributed by atoms with Crippen LogP contribution in [0.1, 0.15) is 25.6 Å². The Morgan fingerprint density at radius 2 is 2.44 bits per heavy atom. The lowest BCUT2D eigenvalue weighted by molar-refractivity contribution is -0.130. The molecule has 0 aliphatic rings. The first kappa shape index (κ1) is 12.7. The fourth-order valence-corrected chi connectivity index (χ4v) is 1.36. The number of hydrogen-bond donors (Lipinski definition) is 1. The van der Waals surface area contributed by atoms with Crippen LogP contribution in [0.15, 0.2) is 12.4 Å². The minimum atomic E-state index is 0.121. The minimum absolute atomic E-state index is 0.121. The standard InChI is InChI=1S/C11H19N3O2/c1-3-16-8-4-5-11(15)14(2)9-10-12-6-7-13-10/h6-7H,3-5,8-9H2,1-2H3,(H,12,13). The van der Waals surface area contributed by atoms with Crippen molar-refractivity contribution >= 4 is 5.91 Å². The van der Waals surface area contributed by atoms with Gasteiger partial charge >= 0.3 is 0 Å². The van der Waals surface area contributed by atoms with Crippen LogP contribution in [-0.4, -0.2) is 41.0 Å². The molecule has 1 aromatic heterocycles. The fraction of sp³-hybridized carbons (Fsp3) is 0.636. The first-order chi connectivity index (χ1) is 7.74. The van der Waals surface area contributed by atoms with Gasteiger partial charge in [-0.3, -0.25) is 4.79 Å². The highest BCUT2D eigenvalue weighted by Gasteiger charge is 2.09. The number of nitrogens with one attached hydrogen (secondary N) is 1. The van der Waals surface area contributed by atoms with Gasteiger partial charge in [0.25, 0.3) is 0 Å². The summed E-state index contributed by atoms with van der Waals surface area (Å²) in [5.41, 5.74) is 0. The van der Waals surface area contributed by atoms with Crippen molar-refractivity contribution in [3.05, 3.63) is 18.2 Å². The quantitative estimate of drug-likeness (QED) is 0.709. The maximum Gasteiger partial charge on any atom is 0.222 e. The maximum atomic E-state index is 11.7. The van der Waals surface area contributed by atoms with Crippen molar-refractivity contribution in [2.24, 2.45) is 0 Å². The van der Waals surface area contributed by atoms with E-state index in [9.17, 15) is 4.79 Å². The Kier molecular flexibility index (Phi) is 5.56. The normalized spacial score (nSPS) is 10.4. The number of H-pyrrole nitrogens is 1. The predicted octanol–water partition coefficient (Wildman–Crippen LogP) is 1.18. The summed E-state index contributed by atoms with van der Waals surface area (Å²) in [5.74, 6) is 0.928. The number of ether oxygens (including phenoxy) is 1. The predicted molar refractivity (Wildman–Crippen MR) is 60.8 cm³/mol. The smallest absolute Gasteiger partial charge is 0.222 e. The number of imidazole rings is 1. The summed E-state index contributed by atoms with van der Waals surface area (Å²) in [4.78, 5) is 20.4. The summed E-state index contributed by atoms with van der Waals surface area (Å²) >= 11 is 0. The summed E-state index contributed by atoms with van der Waals surface area (Å²) in [6, 6.07) is 0. The molecule has 0 aromatic carbocycles. The highest BCUT2D eigenvalue weighted by atomic mass is 16.5. The van der Waals surface area contributed by atoms with Crippen molar-refractivity contribution in [1.82, 2.24) is 14.9 Å². The lowest BCUT2D eigenvalue weighted by Gasteiger charge is -2.15. The second-order valence-electron chi connectivity index (χ2n) is 3.59. The SMILES string of the molecule is CCOCCCC(=O)N(C)Cc1ncc[nH]1. The summed E-state index contributed by atoms with van der Waals surface area (Å²) in [6.45, 7) is 3.83. The number of rotatable bonds is 7. The number of carbonyl (C=O) groups is 1. The molecule has 5 nitrogen and oxygen atoms in total. The summed E-state index contributed by atoms with van der Waals surface area (Å²) in [7, 11) is 1.78. The summed E-state index contributed by atoms with van der Waals surface area (Å²) < 4.78 is 5.18.